The van der Waals surface area contributed by atoms with Crippen LogP contribution in [-0.2, 0) is 6.54 Å². The van der Waals surface area contributed by atoms with E-state index in [1.54, 1.807) is 0 Å². The monoisotopic (exact) mass is 300 g/mol. The van der Waals surface area contributed by atoms with Crippen molar-refractivity contribution in [2.75, 3.05) is 11.9 Å². The molecule has 0 saturated carbocycles. The normalized spacial score (nSPS) is 9.83. The van der Waals surface area contributed by atoms with Crippen LogP contribution in [0.2, 0.25) is 0 Å². The number of hydrogen-bond acceptors (Lipinski definition) is 2. The van der Waals surface area contributed by atoms with E-state index in [4.69, 9.17) is 5.26 Å². The van der Waals surface area contributed by atoms with Crippen molar-refractivity contribution < 1.29 is 0 Å². The average molecular weight is 301 g/mol. The summed E-state index contributed by atoms with van der Waals surface area (Å²) in [4.78, 5) is 2.09. The van der Waals surface area contributed by atoms with Gasteiger partial charge in [-0.05, 0) is 29.8 Å². The third-order valence-electron chi connectivity index (χ3n) is 2.77. The van der Waals surface area contributed by atoms with Gasteiger partial charge in [0.2, 0.25) is 0 Å². The van der Waals surface area contributed by atoms with Gasteiger partial charge in [-0.2, -0.15) is 5.26 Å². The maximum Gasteiger partial charge on any atom is 0.101 e. The van der Waals surface area contributed by atoms with E-state index in [-0.39, 0.29) is 0 Å². The number of para-hydroxylation sites is 1. The lowest BCUT2D eigenvalue weighted by atomic mass is 10.1. The van der Waals surface area contributed by atoms with Gasteiger partial charge < -0.3 is 4.90 Å². The van der Waals surface area contributed by atoms with Crippen molar-refractivity contribution in [3.63, 3.8) is 0 Å². The Balaban J connectivity index is 2.19. The van der Waals surface area contributed by atoms with E-state index in [9.17, 15) is 0 Å². The number of anilines is 1. The molecule has 90 valence electrons. The van der Waals surface area contributed by atoms with Gasteiger partial charge in [-0.3, -0.25) is 0 Å². The average Bonchev–Trinajstić information content (AvgIpc) is 2.41. The Labute approximate surface area is 116 Å². The van der Waals surface area contributed by atoms with Crippen LogP contribution in [0.3, 0.4) is 0 Å². The van der Waals surface area contributed by atoms with E-state index in [0.29, 0.717) is 5.56 Å². The fourth-order valence-electron chi connectivity index (χ4n) is 1.85. The topological polar surface area (TPSA) is 27.0 Å². The number of halogens is 1. The van der Waals surface area contributed by atoms with Crippen molar-refractivity contribution in [3.8, 4) is 6.07 Å². The molecule has 0 spiro atoms. The molecule has 0 aliphatic carbocycles. The predicted molar refractivity (Wildman–Crippen MR) is 77.4 cm³/mol. The molecule has 18 heavy (non-hydrogen) atoms. The molecule has 2 aromatic carbocycles. The first-order valence-electron chi connectivity index (χ1n) is 5.65. The van der Waals surface area contributed by atoms with Crippen LogP contribution >= 0.6 is 15.9 Å². The molecule has 0 atom stereocenters. The predicted octanol–water partition coefficient (Wildman–Crippen LogP) is 3.96. The van der Waals surface area contributed by atoms with Crippen LogP contribution in [0.4, 0.5) is 5.69 Å². The maximum absolute atomic E-state index is 9.09. The molecule has 2 rings (SSSR count). The molecule has 2 aromatic rings. The van der Waals surface area contributed by atoms with Gasteiger partial charge >= 0.3 is 0 Å². The molecule has 3 heteroatoms. The summed E-state index contributed by atoms with van der Waals surface area (Å²) in [5, 5.41) is 9.09. The molecule has 0 saturated heterocycles. The Morgan fingerprint density at radius 2 is 1.78 bits per heavy atom. The van der Waals surface area contributed by atoms with E-state index in [1.165, 1.54) is 5.56 Å². The lowest BCUT2D eigenvalue weighted by Crippen LogP contribution is -2.17. The number of nitrogens with zero attached hydrogens (tertiary/aromatic N) is 2. The van der Waals surface area contributed by atoms with Gasteiger partial charge in [0.1, 0.15) is 6.07 Å². The van der Waals surface area contributed by atoms with Crippen LogP contribution in [0.25, 0.3) is 0 Å². The number of rotatable bonds is 3. The molecule has 0 heterocycles. The first kappa shape index (κ1) is 12.7. The molecule has 0 aliphatic heterocycles. The van der Waals surface area contributed by atoms with E-state index in [0.717, 1.165) is 16.7 Å². The van der Waals surface area contributed by atoms with Crippen LogP contribution in [0.5, 0.6) is 0 Å². The summed E-state index contributed by atoms with van der Waals surface area (Å²) >= 11 is 3.42. The van der Waals surface area contributed by atoms with Crippen LogP contribution in [0.15, 0.2) is 53.0 Å². The summed E-state index contributed by atoms with van der Waals surface area (Å²) in [5.74, 6) is 0. The molecule has 0 bridgehead atoms. The molecule has 0 unspecified atom stereocenters. The zero-order valence-corrected chi connectivity index (χ0v) is 11.7. The third kappa shape index (κ3) is 2.91. The van der Waals surface area contributed by atoms with Gasteiger partial charge in [-0.1, -0.05) is 40.2 Å². The van der Waals surface area contributed by atoms with Gasteiger partial charge in [-0.25, -0.2) is 0 Å². The molecule has 2 nitrogen and oxygen atoms in total. The van der Waals surface area contributed by atoms with Crippen molar-refractivity contribution in [2.24, 2.45) is 0 Å². The Morgan fingerprint density at radius 3 is 2.44 bits per heavy atom. The van der Waals surface area contributed by atoms with Crippen molar-refractivity contribution in [3.05, 3.63) is 64.1 Å². The van der Waals surface area contributed by atoms with Crippen LogP contribution in [0, 0.1) is 11.3 Å². The molecule has 0 aromatic heterocycles. The van der Waals surface area contributed by atoms with Crippen LogP contribution in [-0.4, -0.2) is 7.05 Å². The molecule has 0 fully saturated rings. The van der Waals surface area contributed by atoms with Crippen molar-refractivity contribution >= 4 is 21.6 Å². The summed E-state index contributed by atoms with van der Waals surface area (Å²) in [5.41, 5.74) is 2.88. The molecule has 0 N–H and O–H groups in total. The molecule has 0 amide bonds. The van der Waals surface area contributed by atoms with Crippen molar-refractivity contribution in [1.82, 2.24) is 0 Å². The Bertz CT molecular complexity index is 570. The largest absolute Gasteiger partial charge is 0.369 e. The van der Waals surface area contributed by atoms with E-state index >= 15 is 0 Å². The SMILES string of the molecule is CN(Cc1ccc(Br)cc1)c1ccccc1C#N. The number of nitriles is 1. The fourth-order valence-corrected chi connectivity index (χ4v) is 2.11. The first-order chi connectivity index (χ1) is 8.70. The van der Waals surface area contributed by atoms with Crippen molar-refractivity contribution in [2.45, 2.75) is 6.54 Å². The summed E-state index contributed by atoms with van der Waals surface area (Å²) < 4.78 is 1.08. The zero-order chi connectivity index (χ0) is 13.0. The Hall–Kier alpha value is -1.79. The highest BCUT2D eigenvalue weighted by molar-refractivity contribution is 9.10. The fraction of sp³-hybridized carbons (Fsp3) is 0.133. The third-order valence-corrected chi connectivity index (χ3v) is 3.30. The molecular weight excluding hydrogens is 288 g/mol. The van der Waals surface area contributed by atoms with E-state index in [1.807, 2.05) is 43.4 Å². The van der Waals surface area contributed by atoms with Gasteiger partial charge in [0, 0.05) is 18.1 Å². The Morgan fingerprint density at radius 1 is 1.11 bits per heavy atom. The first-order valence-corrected chi connectivity index (χ1v) is 6.44. The molecule has 0 aliphatic rings. The number of benzene rings is 2. The van der Waals surface area contributed by atoms with Crippen molar-refractivity contribution in [1.29, 1.82) is 5.26 Å². The highest BCUT2D eigenvalue weighted by atomic mass is 79.9. The van der Waals surface area contributed by atoms with Crippen LogP contribution in [0.1, 0.15) is 11.1 Å². The smallest absolute Gasteiger partial charge is 0.101 e. The summed E-state index contributed by atoms with van der Waals surface area (Å²) in [7, 11) is 2.00. The lowest BCUT2D eigenvalue weighted by Gasteiger charge is -2.20. The standard InChI is InChI=1S/C15H13BrN2/c1-18(11-12-6-8-14(16)9-7-12)15-5-3-2-4-13(15)10-17/h2-9H,11H2,1H3. The maximum atomic E-state index is 9.09. The Kier molecular flexibility index (Phi) is 4.01. The lowest BCUT2D eigenvalue weighted by molar-refractivity contribution is 0.920. The quantitative estimate of drug-likeness (QED) is 0.858. The minimum Gasteiger partial charge on any atom is -0.369 e. The minimum atomic E-state index is 0.706. The molecular formula is C15H13BrN2. The second kappa shape index (κ2) is 5.70. The zero-order valence-electron chi connectivity index (χ0n) is 10.1. The summed E-state index contributed by atoms with van der Waals surface area (Å²) in [6, 6.07) is 18.1. The van der Waals surface area contributed by atoms with E-state index < -0.39 is 0 Å². The second-order valence-corrected chi connectivity index (χ2v) is 5.03. The van der Waals surface area contributed by atoms with Gasteiger partial charge in [0.15, 0.2) is 0 Å². The molecule has 0 radical (unpaired) electrons. The minimum absolute atomic E-state index is 0.706. The number of hydrogen-bond donors (Lipinski definition) is 0. The van der Waals surface area contributed by atoms with Gasteiger partial charge in [0.25, 0.3) is 0 Å². The van der Waals surface area contributed by atoms with Gasteiger partial charge in [-0.15, -0.1) is 0 Å². The highest BCUT2D eigenvalue weighted by Crippen LogP contribution is 2.20. The second-order valence-electron chi connectivity index (χ2n) is 4.11. The van der Waals surface area contributed by atoms with Crippen LogP contribution < -0.4 is 4.90 Å². The summed E-state index contributed by atoms with van der Waals surface area (Å²) in [6.07, 6.45) is 0. The highest BCUT2D eigenvalue weighted by Gasteiger charge is 2.06. The van der Waals surface area contributed by atoms with E-state index in [2.05, 4.69) is 39.0 Å². The summed E-state index contributed by atoms with van der Waals surface area (Å²) in [6.45, 7) is 0.784. The van der Waals surface area contributed by atoms with Gasteiger partial charge in [0.05, 0.1) is 11.3 Å².